The Morgan fingerprint density at radius 1 is 1.32 bits per heavy atom. The summed E-state index contributed by atoms with van der Waals surface area (Å²) in [6, 6.07) is 0.341. The fourth-order valence-electron chi connectivity index (χ4n) is 4.21. The fraction of sp³-hybridized carbons (Fsp3) is 0.647. The van der Waals surface area contributed by atoms with E-state index in [-0.39, 0.29) is 0 Å². The lowest BCUT2D eigenvalue weighted by Crippen LogP contribution is -2.56. The first kappa shape index (κ1) is 16.3. The molecule has 2 fully saturated rings. The van der Waals surface area contributed by atoms with Gasteiger partial charge in [-0.15, -0.1) is 0 Å². The number of nitrogens with one attached hydrogen (secondary N) is 1. The van der Waals surface area contributed by atoms with Crippen LogP contribution in [0, 0.1) is 5.92 Å². The maximum absolute atomic E-state index is 12.4. The molecule has 8 nitrogen and oxygen atoms in total. The molecule has 4 heterocycles. The second kappa shape index (κ2) is 6.95. The molecule has 2 saturated heterocycles. The standard InChI is InChI=1S/C17H24N6O2/c1-25-8-2-6-23-13-5-7-22(9-12(13)3-4-14(23)24)17-15-16(19-10-18-15)20-11-21-17/h10-13H,2-9H2,1H3,(H,18,19,20,21)/t12-,13+/m0/s1. The van der Waals surface area contributed by atoms with Crippen LogP contribution in [0.3, 0.4) is 0 Å². The maximum Gasteiger partial charge on any atom is 0.222 e. The van der Waals surface area contributed by atoms with Gasteiger partial charge < -0.3 is 19.5 Å². The van der Waals surface area contributed by atoms with Gasteiger partial charge in [-0.1, -0.05) is 0 Å². The number of imidazole rings is 1. The van der Waals surface area contributed by atoms with Gasteiger partial charge in [-0.05, 0) is 25.2 Å². The third-order valence-corrected chi connectivity index (χ3v) is 5.39. The summed E-state index contributed by atoms with van der Waals surface area (Å²) in [5.41, 5.74) is 1.59. The lowest BCUT2D eigenvalue weighted by atomic mass is 9.83. The molecule has 1 N–H and O–H groups in total. The summed E-state index contributed by atoms with van der Waals surface area (Å²) in [7, 11) is 1.71. The minimum Gasteiger partial charge on any atom is -0.385 e. The minimum absolute atomic E-state index is 0.295. The highest BCUT2D eigenvalue weighted by Crippen LogP contribution is 2.34. The first-order valence-electron chi connectivity index (χ1n) is 8.95. The van der Waals surface area contributed by atoms with Crippen LogP contribution in [0.15, 0.2) is 12.7 Å². The number of carbonyl (C=O) groups excluding carboxylic acids is 1. The fourth-order valence-corrected chi connectivity index (χ4v) is 4.21. The molecule has 0 radical (unpaired) electrons. The van der Waals surface area contributed by atoms with E-state index in [1.54, 1.807) is 19.8 Å². The van der Waals surface area contributed by atoms with E-state index in [1.807, 2.05) is 0 Å². The monoisotopic (exact) mass is 344 g/mol. The zero-order valence-corrected chi connectivity index (χ0v) is 14.5. The van der Waals surface area contributed by atoms with Crippen LogP contribution in [0.1, 0.15) is 25.7 Å². The van der Waals surface area contributed by atoms with Gasteiger partial charge in [0.1, 0.15) is 11.8 Å². The van der Waals surface area contributed by atoms with E-state index in [2.05, 4.69) is 29.7 Å². The zero-order valence-electron chi connectivity index (χ0n) is 14.5. The third kappa shape index (κ3) is 3.06. The van der Waals surface area contributed by atoms with E-state index in [0.29, 0.717) is 36.5 Å². The van der Waals surface area contributed by atoms with Crippen LogP contribution >= 0.6 is 0 Å². The van der Waals surface area contributed by atoms with Gasteiger partial charge in [0, 0.05) is 45.8 Å². The smallest absolute Gasteiger partial charge is 0.222 e. The van der Waals surface area contributed by atoms with Gasteiger partial charge in [0.25, 0.3) is 0 Å². The summed E-state index contributed by atoms with van der Waals surface area (Å²) in [4.78, 5) is 32.8. The molecule has 0 bridgehead atoms. The van der Waals surface area contributed by atoms with Crippen molar-refractivity contribution in [2.24, 2.45) is 5.92 Å². The number of fused-ring (bicyclic) bond motifs is 2. The molecule has 2 aliphatic rings. The number of hydrogen-bond acceptors (Lipinski definition) is 6. The first-order chi connectivity index (χ1) is 12.3. The van der Waals surface area contributed by atoms with Gasteiger partial charge in [-0.3, -0.25) is 4.79 Å². The second-order valence-corrected chi connectivity index (χ2v) is 6.83. The predicted octanol–water partition coefficient (Wildman–Crippen LogP) is 1.21. The average molecular weight is 344 g/mol. The number of piperidine rings is 2. The van der Waals surface area contributed by atoms with Crippen molar-refractivity contribution in [2.45, 2.75) is 31.7 Å². The lowest BCUT2D eigenvalue weighted by molar-refractivity contribution is -0.139. The Kier molecular flexibility index (Phi) is 4.52. The van der Waals surface area contributed by atoms with E-state index in [9.17, 15) is 4.79 Å². The Morgan fingerprint density at radius 3 is 3.12 bits per heavy atom. The molecule has 4 rings (SSSR count). The molecule has 0 unspecified atom stereocenters. The molecular weight excluding hydrogens is 320 g/mol. The highest BCUT2D eigenvalue weighted by Gasteiger charge is 2.39. The van der Waals surface area contributed by atoms with Crippen molar-refractivity contribution in [3.05, 3.63) is 12.7 Å². The average Bonchev–Trinajstić information content (AvgIpc) is 3.12. The number of aromatic nitrogens is 4. The number of carbonyl (C=O) groups is 1. The van der Waals surface area contributed by atoms with Crippen molar-refractivity contribution < 1.29 is 9.53 Å². The van der Waals surface area contributed by atoms with Crippen LogP contribution in [0.4, 0.5) is 5.82 Å². The van der Waals surface area contributed by atoms with Crippen LogP contribution < -0.4 is 4.90 Å². The molecule has 25 heavy (non-hydrogen) atoms. The molecule has 0 saturated carbocycles. The molecule has 2 aromatic rings. The predicted molar refractivity (Wildman–Crippen MR) is 93.2 cm³/mol. The summed E-state index contributed by atoms with van der Waals surface area (Å²) in [5, 5.41) is 0. The molecule has 2 atom stereocenters. The van der Waals surface area contributed by atoms with Crippen molar-refractivity contribution in [1.82, 2.24) is 24.8 Å². The number of nitrogens with zero attached hydrogens (tertiary/aromatic N) is 5. The van der Waals surface area contributed by atoms with Gasteiger partial charge in [-0.2, -0.15) is 0 Å². The molecule has 134 valence electrons. The highest BCUT2D eigenvalue weighted by molar-refractivity contribution is 5.83. The number of methoxy groups -OCH3 is 1. The van der Waals surface area contributed by atoms with Crippen molar-refractivity contribution >= 4 is 22.9 Å². The van der Waals surface area contributed by atoms with Gasteiger partial charge in [0.15, 0.2) is 11.5 Å². The summed E-state index contributed by atoms with van der Waals surface area (Å²) in [6.07, 6.45) is 6.71. The Bertz CT molecular complexity index is 748. The Morgan fingerprint density at radius 2 is 2.24 bits per heavy atom. The minimum atomic E-state index is 0.295. The van der Waals surface area contributed by atoms with Crippen LogP contribution in [0.5, 0.6) is 0 Å². The quantitative estimate of drug-likeness (QED) is 0.820. The number of ether oxygens (including phenoxy) is 1. The van der Waals surface area contributed by atoms with Crippen molar-refractivity contribution in [2.75, 3.05) is 38.3 Å². The van der Waals surface area contributed by atoms with Gasteiger partial charge in [0.05, 0.1) is 6.33 Å². The van der Waals surface area contributed by atoms with Crippen molar-refractivity contribution in [3.63, 3.8) is 0 Å². The lowest BCUT2D eigenvalue weighted by Gasteiger charge is -2.47. The van der Waals surface area contributed by atoms with Crippen molar-refractivity contribution in [3.8, 4) is 0 Å². The van der Waals surface area contributed by atoms with Gasteiger partial charge in [-0.25, -0.2) is 15.0 Å². The number of anilines is 1. The number of hydrogen-bond donors (Lipinski definition) is 1. The summed E-state index contributed by atoms with van der Waals surface area (Å²) in [6.45, 7) is 3.31. The van der Waals surface area contributed by atoms with E-state index in [4.69, 9.17) is 4.74 Å². The molecular formula is C17H24N6O2. The van der Waals surface area contributed by atoms with Crippen LogP contribution in [0.25, 0.3) is 11.2 Å². The Balaban J connectivity index is 1.50. The topological polar surface area (TPSA) is 87.2 Å². The van der Waals surface area contributed by atoms with Gasteiger partial charge in [0.2, 0.25) is 5.91 Å². The number of amides is 1. The molecule has 1 amide bonds. The van der Waals surface area contributed by atoms with E-state index in [1.165, 1.54) is 0 Å². The second-order valence-electron chi connectivity index (χ2n) is 6.83. The van der Waals surface area contributed by atoms with E-state index in [0.717, 1.165) is 50.2 Å². The number of aromatic amines is 1. The van der Waals surface area contributed by atoms with Crippen LogP contribution in [0.2, 0.25) is 0 Å². The van der Waals surface area contributed by atoms with Crippen molar-refractivity contribution in [1.29, 1.82) is 0 Å². The summed E-state index contributed by atoms with van der Waals surface area (Å²) in [5.74, 6) is 1.70. The molecule has 0 spiro atoms. The molecule has 0 aliphatic carbocycles. The maximum atomic E-state index is 12.4. The van der Waals surface area contributed by atoms with E-state index >= 15 is 0 Å². The van der Waals surface area contributed by atoms with Gasteiger partial charge >= 0.3 is 0 Å². The molecule has 2 aliphatic heterocycles. The third-order valence-electron chi connectivity index (χ3n) is 5.39. The van der Waals surface area contributed by atoms with E-state index < -0.39 is 0 Å². The Hall–Kier alpha value is -2.22. The normalized spacial score (nSPS) is 24.0. The highest BCUT2D eigenvalue weighted by atomic mass is 16.5. The summed E-state index contributed by atoms with van der Waals surface area (Å²) >= 11 is 0. The molecule has 2 aromatic heterocycles. The first-order valence-corrected chi connectivity index (χ1v) is 8.95. The number of H-pyrrole nitrogens is 1. The van der Waals surface area contributed by atoms with Crippen LogP contribution in [-0.4, -0.2) is 70.1 Å². The molecule has 8 heteroatoms. The number of rotatable bonds is 5. The number of likely N-dealkylation sites (tertiary alicyclic amines) is 1. The summed E-state index contributed by atoms with van der Waals surface area (Å²) < 4.78 is 5.14. The largest absolute Gasteiger partial charge is 0.385 e. The zero-order chi connectivity index (χ0) is 17.2. The van der Waals surface area contributed by atoms with Crippen LogP contribution in [-0.2, 0) is 9.53 Å². The SMILES string of the molecule is COCCCN1C(=O)CC[C@H]2CN(c3ncnc4nc[nH]c34)CC[C@H]21. The molecule has 0 aromatic carbocycles. The Labute approximate surface area is 146 Å².